The van der Waals surface area contributed by atoms with Crippen LogP contribution < -0.4 is 5.73 Å². The van der Waals surface area contributed by atoms with E-state index in [4.69, 9.17) is 5.73 Å². The molecule has 3 unspecified atom stereocenters. The molecule has 0 amide bonds. The Morgan fingerprint density at radius 2 is 2.18 bits per heavy atom. The van der Waals surface area contributed by atoms with Gasteiger partial charge in [-0.25, -0.2) is 0 Å². The highest BCUT2D eigenvalue weighted by atomic mass is 79.9. The van der Waals surface area contributed by atoms with Crippen molar-refractivity contribution in [2.45, 2.75) is 45.1 Å². The number of pyridine rings is 1. The molecule has 2 N–H and O–H groups in total. The van der Waals surface area contributed by atoms with Crippen molar-refractivity contribution < 1.29 is 0 Å². The number of nitrogens with zero attached hydrogens (tertiary/aromatic N) is 1. The third-order valence-electron chi connectivity index (χ3n) is 4.10. The molecule has 1 aromatic heterocycles. The molecule has 3 heteroatoms. The highest BCUT2D eigenvalue weighted by molar-refractivity contribution is 9.10. The van der Waals surface area contributed by atoms with Gasteiger partial charge >= 0.3 is 0 Å². The SMILES string of the molecule is CC1CCC(C)C(N)(Cc2ccc(Br)cn2)C1. The van der Waals surface area contributed by atoms with Crippen LogP contribution in [0.4, 0.5) is 0 Å². The van der Waals surface area contributed by atoms with Gasteiger partial charge in [-0.2, -0.15) is 0 Å². The van der Waals surface area contributed by atoms with Gasteiger partial charge in [0.05, 0.1) is 0 Å². The third-order valence-corrected chi connectivity index (χ3v) is 4.57. The number of aromatic nitrogens is 1. The molecule has 0 bridgehead atoms. The maximum Gasteiger partial charge on any atom is 0.0422 e. The summed E-state index contributed by atoms with van der Waals surface area (Å²) in [6.45, 7) is 4.59. The van der Waals surface area contributed by atoms with Gasteiger partial charge in [0.25, 0.3) is 0 Å². The Morgan fingerprint density at radius 3 is 2.82 bits per heavy atom. The van der Waals surface area contributed by atoms with Crippen LogP contribution in [0.25, 0.3) is 0 Å². The summed E-state index contributed by atoms with van der Waals surface area (Å²) in [4.78, 5) is 4.45. The molecular weight excluding hydrogens is 276 g/mol. The van der Waals surface area contributed by atoms with Crippen molar-refractivity contribution in [1.82, 2.24) is 4.98 Å². The number of halogens is 1. The fourth-order valence-corrected chi connectivity index (χ4v) is 3.10. The van der Waals surface area contributed by atoms with Crippen LogP contribution in [0.3, 0.4) is 0 Å². The molecule has 17 heavy (non-hydrogen) atoms. The molecule has 1 aliphatic carbocycles. The summed E-state index contributed by atoms with van der Waals surface area (Å²) in [5, 5.41) is 0. The maximum absolute atomic E-state index is 6.61. The van der Waals surface area contributed by atoms with Crippen molar-refractivity contribution in [2.24, 2.45) is 17.6 Å². The lowest BCUT2D eigenvalue weighted by atomic mass is 9.68. The van der Waals surface area contributed by atoms with E-state index in [0.29, 0.717) is 5.92 Å². The fourth-order valence-electron chi connectivity index (χ4n) is 2.87. The lowest BCUT2D eigenvalue weighted by molar-refractivity contribution is 0.160. The summed E-state index contributed by atoms with van der Waals surface area (Å²) < 4.78 is 1.03. The second-order valence-electron chi connectivity index (χ2n) is 5.67. The van der Waals surface area contributed by atoms with E-state index in [2.05, 4.69) is 40.8 Å². The van der Waals surface area contributed by atoms with Crippen molar-refractivity contribution in [3.63, 3.8) is 0 Å². The first-order valence-corrected chi connectivity index (χ1v) is 7.18. The molecule has 1 saturated carbocycles. The zero-order valence-electron chi connectivity index (χ0n) is 10.6. The van der Waals surface area contributed by atoms with Gasteiger partial charge in [0.15, 0.2) is 0 Å². The van der Waals surface area contributed by atoms with E-state index in [9.17, 15) is 0 Å². The fraction of sp³-hybridized carbons (Fsp3) is 0.643. The van der Waals surface area contributed by atoms with Crippen molar-refractivity contribution >= 4 is 15.9 Å². The number of hydrogen-bond donors (Lipinski definition) is 1. The smallest absolute Gasteiger partial charge is 0.0422 e. The molecule has 94 valence electrons. The second-order valence-corrected chi connectivity index (χ2v) is 6.58. The predicted molar refractivity (Wildman–Crippen MR) is 74.7 cm³/mol. The molecule has 3 atom stereocenters. The molecule has 1 fully saturated rings. The van der Waals surface area contributed by atoms with Gasteiger partial charge in [0, 0.05) is 28.3 Å². The molecule has 0 radical (unpaired) electrons. The molecule has 1 aromatic rings. The van der Waals surface area contributed by atoms with Crippen molar-refractivity contribution in [1.29, 1.82) is 0 Å². The van der Waals surface area contributed by atoms with Gasteiger partial charge in [0.2, 0.25) is 0 Å². The molecule has 2 nitrogen and oxygen atoms in total. The minimum absolute atomic E-state index is 0.0709. The minimum atomic E-state index is -0.0709. The van der Waals surface area contributed by atoms with E-state index in [1.54, 1.807) is 0 Å². The van der Waals surface area contributed by atoms with Crippen LogP contribution in [0.2, 0.25) is 0 Å². The van der Waals surface area contributed by atoms with Crippen LogP contribution in [-0.2, 0) is 6.42 Å². The van der Waals surface area contributed by atoms with Crippen LogP contribution in [0.5, 0.6) is 0 Å². The Kier molecular flexibility index (Phi) is 3.88. The first-order valence-electron chi connectivity index (χ1n) is 6.39. The average molecular weight is 297 g/mol. The lowest BCUT2D eigenvalue weighted by Crippen LogP contribution is -2.51. The number of rotatable bonds is 2. The minimum Gasteiger partial charge on any atom is -0.324 e. The largest absolute Gasteiger partial charge is 0.324 e. The summed E-state index contributed by atoms with van der Waals surface area (Å²) in [6.07, 6.45) is 6.43. The average Bonchev–Trinajstić information content (AvgIpc) is 2.27. The summed E-state index contributed by atoms with van der Waals surface area (Å²) in [6, 6.07) is 4.12. The van der Waals surface area contributed by atoms with Gasteiger partial charge < -0.3 is 5.73 Å². The van der Waals surface area contributed by atoms with E-state index >= 15 is 0 Å². The van der Waals surface area contributed by atoms with Gasteiger partial charge in [0.1, 0.15) is 0 Å². The Bertz CT molecular complexity index is 376. The van der Waals surface area contributed by atoms with Crippen LogP contribution in [-0.4, -0.2) is 10.5 Å². The molecule has 1 heterocycles. The Labute approximate surface area is 112 Å². The highest BCUT2D eigenvalue weighted by Gasteiger charge is 2.37. The molecule has 0 saturated heterocycles. The van der Waals surface area contributed by atoms with Crippen LogP contribution in [0.1, 0.15) is 38.8 Å². The lowest BCUT2D eigenvalue weighted by Gasteiger charge is -2.42. The topological polar surface area (TPSA) is 38.9 Å². The van der Waals surface area contributed by atoms with E-state index in [1.165, 1.54) is 12.8 Å². The van der Waals surface area contributed by atoms with Crippen LogP contribution in [0, 0.1) is 11.8 Å². The van der Waals surface area contributed by atoms with E-state index < -0.39 is 0 Å². The van der Waals surface area contributed by atoms with E-state index in [1.807, 2.05) is 12.3 Å². The summed E-state index contributed by atoms with van der Waals surface area (Å²) in [5.41, 5.74) is 7.65. The zero-order valence-corrected chi connectivity index (χ0v) is 12.2. The van der Waals surface area contributed by atoms with Gasteiger partial charge in [-0.15, -0.1) is 0 Å². The summed E-state index contributed by atoms with van der Waals surface area (Å²) >= 11 is 3.41. The van der Waals surface area contributed by atoms with Crippen molar-refractivity contribution in [3.8, 4) is 0 Å². The standard InChI is InChI=1S/C14H21BrN2/c1-10-3-4-11(2)14(16,7-10)8-13-6-5-12(15)9-17-13/h5-6,9-11H,3-4,7-8,16H2,1-2H3. The normalized spacial score (nSPS) is 33.6. The molecular formula is C14H21BrN2. The Balaban J connectivity index is 2.12. The molecule has 0 spiro atoms. The predicted octanol–water partition coefficient (Wildman–Crippen LogP) is 3.54. The Hall–Kier alpha value is -0.410. The maximum atomic E-state index is 6.61. The Morgan fingerprint density at radius 1 is 1.41 bits per heavy atom. The first-order chi connectivity index (χ1) is 7.99. The molecule has 1 aliphatic rings. The second kappa shape index (κ2) is 5.07. The molecule has 0 aliphatic heterocycles. The number of hydrogen-bond acceptors (Lipinski definition) is 2. The van der Waals surface area contributed by atoms with Gasteiger partial charge in [-0.1, -0.05) is 20.3 Å². The highest BCUT2D eigenvalue weighted by Crippen LogP contribution is 2.37. The van der Waals surface area contributed by atoms with E-state index in [0.717, 1.165) is 28.9 Å². The first kappa shape index (κ1) is 13.0. The summed E-state index contributed by atoms with van der Waals surface area (Å²) in [7, 11) is 0. The third kappa shape index (κ3) is 3.08. The molecule has 0 aromatic carbocycles. The van der Waals surface area contributed by atoms with Crippen molar-refractivity contribution in [3.05, 3.63) is 28.5 Å². The number of nitrogens with two attached hydrogens (primary N) is 1. The van der Waals surface area contributed by atoms with Gasteiger partial charge in [-0.3, -0.25) is 4.98 Å². The van der Waals surface area contributed by atoms with E-state index in [-0.39, 0.29) is 5.54 Å². The van der Waals surface area contributed by atoms with Crippen molar-refractivity contribution in [2.75, 3.05) is 0 Å². The monoisotopic (exact) mass is 296 g/mol. The summed E-state index contributed by atoms with van der Waals surface area (Å²) in [5.74, 6) is 1.33. The quantitative estimate of drug-likeness (QED) is 0.907. The van der Waals surface area contributed by atoms with Gasteiger partial charge in [-0.05, 0) is 52.7 Å². The van der Waals surface area contributed by atoms with Crippen LogP contribution >= 0.6 is 15.9 Å². The zero-order chi connectivity index (χ0) is 12.5. The molecule has 2 rings (SSSR count). The van der Waals surface area contributed by atoms with Crippen LogP contribution in [0.15, 0.2) is 22.8 Å².